The molecule has 5 heteroatoms. The van der Waals surface area contributed by atoms with E-state index >= 15 is 0 Å². The molecule has 1 saturated heterocycles. The van der Waals surface area contributed by atoms with Gasteiger partial charge in [-0.05, 0) is 17.5 Å². The van der Waals surface area contributed by atoms with Crippen molar-refractivity contribution >= 4 is 11.8 Å². The summed E-state index contributed by atoms with van der Waals surface area (Å²) in [7, 11) is 0. The van der Waals surface area contributed by atoms with Gasteiger partial charge in [-0.1, -0.05) is 24.3 Å². The quantitative estimate of drug-likeness (QED) is 0.705. The van der Waals surface area contributed by atoms with E-state index in [9.17, 15) is 9.59 Å². The van der Waals surface area contributed by atoms with Crippen LogP contribution in [0.2, 0.25) is 0 Å². The molecule has 0 bridgehead atoms. The van der Waals surface area contributed by atoms with E-state index in [-0.39, 0.29) is 18.4 Å². The monoisotopic (exact) mass is 248 g/mol. The Hall–Kier alpha value is -1.88. The van der Waals surface area contributed by atoms with Crippen molar-refractivity contribution in [2.45, 2.75) is 32.0 Å². The molecule has 2 rings (SSSR count). The maximum atomic E-state index is 11.7. The van der Waals surface area contributed by atoms with Gasteiger partial charge in [-0.15, -0.1) is 0 Å². The first-order valence-electron chi connectivity index (χ1n) is 5.95. The number of carbonyl (C=O) groups is 2. The number of amides is 2. The molecule has 2 amide bonds. The molecule has 1 aliphatic heterocycles. The fourth-order valence-corrected chi connectivity index (χ4v) is 1.89. The second-order valence-corrected chi connectivity index (χ2v) is 4.35. The van der Waals surface area contributed by atoms with Crippen LogP contribution in [0.5, 0.6) is 0 Å². The number of nitrogens with one attached hydrogen (secondary N) is 2. The van der Waals surface area contributed by atoms with Crippen LogP contribution < -0.4 is 10.6 Å². The van der Waals surface area contributed by atoms with Crippen molar-refractivity contribution in [2.24, 2.45) is 0 Å². The Morgan fingerprint density at radius 2 is 2.00 bits per heavy atom. The molecule has 0 aromatic heterocycles. The standard InChI is InChI=1S/C13H16N2O3/c16-8-10-3-1-9(2-4-10)7-14-13(18)11-5-6-12(17)15-11/h1-4,11,16H,5-8H2,(H,14,18)(H,15,17)/t11-/m1/s1. The first-order chi connectivity index (χ1) is 8.69. The Kier molecular flexibility index (Phi) is 3.94. The minimum absolute atomic E-state index is 0.0146. The van der Waals surface area contributed by atoms with E-state index in [2.05, 4.69) is 10.6 Å². The largest absolute Gasteiger partial charge is 0.392 e. The Labute approximate surface area is 105 Å². The highest BCUT2D eigenvalue weighted by atomic mass is 16.3. The van der Waals surface area contributed by atoms with E-state index in [1.807, 2.05) is 24.3 Å². The van der Waals surface area contributed by atoms with Crippen LogP contribution in [0.1, 0.15) is 24.0 Å². The zero-order valence-corrected chi connectivity index (χ0v) is 9.98. The van der Waals surface area contributed by atoms with Crippen molar-refractivity contribution in [3.63, 3.8) is 0 Å². The second kappa shape index (κ2) is 5.64. The molecule has 1 heterocycles. The summed E-state index contributed by atoms with van der Waals surface area (Å²) >= 11 is 0. The minimum Gasteiger partial charge on any atom is -0.392 e. The molecule has 1 aromatic rings. The van der Waals surface area contributed by atoms with Crippen LogP contribution in [-0.2, 0) is 22.7 Å². The van der Waals surface area contributed by atoms with Crippen LogP contribution in [0.3, 0.4) is 0 Å². The van der Waals surface area contributed by atoms with Crippen LogP contribution in [0.25, 0.3) is 0 Å². The maximum absolute atomic E-state index is 11.7. The first kappa shape index (κ1) is 12.6. The van der Waals surface area contributed by atoms with Crippen molar-refractivity contribution in [1.29, 1.82) is 0 Å². The van der Waals surface area contributed by atoms with Crippen LogP contribution in [0.4, 0.5) is 0 Å². The summed E-state index contributed by atoms with van der Waals surface area (Å²) in [5, 5.41) is 14.3. The molecule has 1 fully saturated rings. The SMILES string of the molecule is O=C1CC[C@H](C(=O)NCc2ccc(CO)cc2)N1. The fourth-order valence-electron chi connectivity index (χ4n) is 1.89. The van der Waals surface area contributed by atoms with Gasteiger partial charge in [-0.2, -0.15) is 0 Å². The lowest BCUT2D eigenvalue weighted by Crippen LogP contribution is -2.41. The van der Waals surface area contributed by atoms with Gasteiger partial charge in [-0.3, -0.25) is 9.59 Å². The van der Waals surface area contributed by atoms with Gasteiger partial charge in [0.25, 0.3) is 0 Å². The topological polar surface area (TPSA) is 78.4 Å². The molecular weight excluding hydrogens is 232 g/mol. The average Bonchev–Trinajstić information content (AvgIpc) is 2.83. The van der Waals surface area contributed by atoms with Crippen molar-refractivity contribution in [2.75, 3.05) is 0 Å². The summed E-state index contributed by atoms with van der Waals surface area (Å²) in [5.74, 6) is -0.213. The number of benzene rings is 1. The third-order valence-electron chi connectivity index (χ3n) is 2.98. The Morgan fingerprint density at radius 1 is 1.33 bits per heavy atom. The zero-order chi connectivity index (χ0) is 13.0. The van der Waals surface area contributed by atoms with Gasteiger partial charge in [-0.25, -0.2) is 0 Å². The fraction of sp³-hybridized carbons (Fsp3) is 0.385. The van der Waals surface area contributed by atoms with E-state index in [1.165, 1.54) is 0 Å². The highest BCUT2D eigenvalue weighted by molar-refractivity contribution is 5.90. The van der Waals surface area contributed by atoms with E-state index in [1.54, 1.807) is 0 Å². The highest BCUT2D eigenvalue weighted by Gasteiger charge is 2.26. The molecule has 3 N–H and O–H groups in total. The molecule has 0 saturated carbocycles. The molecule has 0 unspecified atom stereocenters. The average molecular weight is 248 g/mol. The molecule has 0 spiro atoms. The smallest absolute Gasteiger partial charge is 0.242 e. The Bertz CT molecular complexity index is 442. The first-order valence-corrected chi connectivity index (χ1v) is 5.95. The van der Waals surface area contributed by atoms with E-state index < -0.39 is 6.04 Å². The lowest BCUT2D eigenvalue weighted by molar-refractivity contribution is -0.125. The second-order valence-electron chi connectivity index (χ2n) is 4.35. The number of aliphatic hydroxyl groups excluding tert-OH is 1. The number of carbonyl (C=O) groups excluding carboxylic acids is 2. The third kappa shape index (κ3) is 3.07. The molecule has 1 aromatic carbocycles. The van der Waals surface area contributed by atoms with Crippen LogP contribution in [0.15, 0.2) is 24.3 Å². The van der Waals surface area contributed by atoms with Crippen molar-refractivity contribution in [1.82, 2.24) is 10.6 Å². The van der Waals surface area contributed by atoms with Gasteiger partial charge in [0.15, 0.2) is 0 Å². The summed E-state index contributed by atoms with van der Waals surface area (Å²) < 4.78 is 0. The summed E-state index contributed by atoms with van der Waals surface area (Å²) in [4.78, 5) is 22.7. The number of aliphatic hydroxyl groups is 1. The van der Waals surface area contributed by atoms with Crippen molar-refractivity contribution < 1.29 is 14.7 Å². The van der Waals surface area contributed by atoms with Crippen molar-refractivity contribution in [3.8, 4) is 0 Å². The van der Waals surface area contributed by atoms with E-state index in [0.717, 1.165) is 11.1 Å². The van der Waals surface area contributed by atoms with Gasteiger partial charge < -0.3 is 15.7 Å². The van der Waals surface area contributed by atoms with Gasteiger partial charge in [0.2, 0.25) is 11.8 Å². The predicted molar refractivity (Wildman–Crippen MR) is 65.4 cm³/mol. The van der Waals surface area contributed by atoms with Gasteiger partial charge in [0.1, 0.15) is 6.04 Å². The molecule has 96 valence electrons. The number of hydrogen-bond donors (Lipinski definition) is 3. The molecule has 18 heavy (non-hydrogen) atoms. The summed E-state index contributed by atoms with van der Waals surface area (Å²) in [6, 6.07) is 6.96. The van der Waals surface area contributed by atoms with Gasteiger partial charge in [0.05, 0.1) is 6.61 Å². The minimum atomic E-state index is -0.394. The lowest BCUT2D eigenvalue weighted by atomic mass is 10.1. The predicted octanol–water partition coefficient (Wildman–Crippen LogP) is 0.0737. The lowest BCUT2D eigenvalue weighted by Gasteiger charge is -2.11. The van der Waals surface area contributed by atoms with Crippen molar-refractivity contribution in [3.05, 3.63) is 35.4 Å². The van der Waals surface area contributed by atoms with Crippen LogP contribution in [-0.4, -0.2) is 23.0 Å². The van der Waals surface area contributed by atoms with Gasteiger partial charge in [0, 0.05) is 13.0 Å². The molecule has 5 nitrogen and oxygen atoms in total. The zero-order valence-electron chi connectivity index (χ0n) is 9.98. The Morgan fingerprint density at radius 3 is 2.56 bits per heavy atom. The molecule has 1 aliphatic rings. The third-order valence-corrected chi connectivity index (χ3v) is 2.98. The van der Waals surface area contributed by atoms with Gasteiger partial charge >= 0.3 is 0 Å². The number of hydrogen-bond acceptors (Lipinski definition) is 3. The summed E-state index contributed by atoms with van der Waals surface area (Å²) in [6.45, 7) is 0.442. The Balaban J connectivity index is 1.83. The van der Waals surface area contributed by atoms with Crippen LogP contribution in [0, 0.1) is 0 Å². The number of rotatable bonds is 4. The molecule has 1 atom stereocenters. The normalized spacial score (nSPS) is 18.5. The maximum Gasteiger partial charge on any atom is 0.242 e. The molecule has 0 aliphatic carbocycles. The van der Waals surface area contributed by atoms with Crippen LogP contribution >= 0.6 is 0 Å². The summed E-state index contributed by atoms with van der Waals surface area (Å²) in [6.07, 6.45) is 0.984. The summed E-state index contributed by atoms with van der Waals surface area (Å²) in [5.41, 5.74) is 1.80. The molecular formula is C13H16N2O3. The highest BCUT2D eigenvalue weighted by Crippen LogP contribution is 2.07. The molecule has 0 radical (unpaired) electrons. The van der Waals surface area contributed by atoms with E-state index in [0.29, 0.717) is 19.4 Å². The van der Waals surface area contributed by atoms with E-state index in [4.69, 9.17) is 5.11 Å².